The highest BCUT2D eigenvalue weighted by Crippen LogP contribution is 2.29. The van der Waals surface area contributed by atoms with Crippen LogP contribution in [0, 0.1) is 13.8 Å². The standard InChI is InChI=1S/C15H18ClNOS/c1-4-18-15-6-5-13(16)8-14(15)17-9-12-7-10(2)19-11(12)3/h5-8,17H,4,9H2,1-3H3. The average molecular weight is 296 g/mol. The summed E-state index contributed by atoms with van der Waals surface area (Å²) in [5, 5.41) is 4.12. The zero-order chi connectivity index (χ0) is 13.8. The lowest BCUT2D eigenvalue weighted by Crippen LogP contribution is -2.02. The molecule has 0 fully saturated rings. The van der Waals surface area contributed by atoms with Crippen LogP contribution in [0.5, 0.6) is 5.75 Å². The van der Waals surface area contributed by atoms with E-state index in [0.717, 1.165) is 18.0 Å². The summed E-state index contributed by atoms with van der Waals surface area (Å²) in [5.41, 5.74) is 2.27. The fourth-order valence-corrected chi connectivity index (χ4v) is 3.09. The summed E-state index contributed by atoms with van der Waals surface area (Å²) in [6.07, 6.45) is 0. The Bertz CT molecular complexity index is 565. The van der Waals surface area contributed by atoms with Crippen LogP contribution in [0.25, 0.3) is 0 Å². The topological polar surface area (TPSA) is 21.3 Å². The zero-order valence-corrected chi connectivity index (χ0v) is 13.0. The van der Waals surface area contributed by atoms with E-state index >= 15 is 0 Å². The lowest BCUT2D eigenvalue weighted by atomic mass is 10.2. The number of benzene rings is 1. The maximum atomic E-state index is 6.04. The van der Waals surface area contributed by atoms with Crippen LogP contribution >= 0.6 is 22.9 Å². The van der Waals surface area contributed by atoms with Gasteiger partial charge in [-0.05, 0) is 50.6 Å². The summed E-state index contributed by atoms with van der Waals surface area (Å²) in [7, 11) is 0. The molecule has 2 rings (SSSR count). The third-order valence-corrected chi connectivity index (χ3v) is 4.10. The quantitative estimate of drug-likeness (QED) is 0.835. The largest absolute Gasteiger partial charge is 0.492 e. The number of hydrogen-bond donors (Lipinski definition) is 1. The molecule has 1 heterocycles. The van der Waals surface area contributed by atoms with Gasteiger partial charge in [0.05, 0.1) is 12.3 Å². The SMILES string of the molecule is CCOc1ccc(Cl)cc1NCc1cc(C)sc1C. The second-order valence-corrected chi connectivity index (χ2v) is 6.26. The van der Waals surface area contributed by atoms with Crippen molar-refractivity contribution < 1.29 is 4.74 Å². The number of nitrogens with one attached hydrogen (secondary N) is 1. The van der Waals surface area contributed by atoms with Crippen molar-refractivity contribution >= 4 is 28.6 Å². The molecular weight excluding hydrogens is 278 g/mol. The van der Waals surface area contributed by atoms with Gasteiger partial charge in [-0.25, -0.2) is 0 Å². The van der Waals surface area contributed by atoms with E-state index in [-0.39, 0.29) is 0 Å². The van der Waals surface area contributed by atoms with E-state index in [1.54, 1.807) is 0 Å². The summed E-state index contributed by atoms with van der Waals surface area (Å²) in [6, 6.07) is 7.87. The molecule has 1 aromatic carbocycles. The smallest absolute Gasteiger partial charge is 0.142 e. The Morgan fingerprint density at radius 3 is 2.68 bits per heavy atom. The minimum absolute atomic E-state index is 0.646. The minimum Gasteiger partial charge on any atom is -0.492 e. The molecule has 0 unspecified atom stereocenters. The molecule has 1 N–H and O–H groups in total. The molecular formula is C15H18ClNOS. The molecule has 0 aliphatic heterocycles. The zero-order valence-electron chi connectivity index (χ0n) is 11.4. The van der Waals surface area contributed by atoms with Gasteiger partial charge in [-0.1, -0.05) is 11.6 Å². The second kappa shape index (κ2) is 6.31. The van der Waals surface area contributed by atoms with Crippen LogP contribution in [0.15, 0.2) is 24.3 Å². The van der Waals surface area contributed by atoms with Gasteiger partial charge in [-0.2, -0.15) is 0 Å². The van der Waals surface area contributed by atoms with E-state index in [0.29, 0.717) is 11.6 Å². The Kier molecular flexibility index (Phi) is 4.72. The monoisotopic (exact) mass is 295 g/mol. The van der Waals surface area contributed by atoms with Crippen molar-refractivity contribution in [1.82, 2.24) is 0 Å². The van der Waals surface area contributed by atoms with Crippen molar-refractivity contribution in [2.45, 2.75) is 27.3 Å². The highest BCUT2D eigenvalue weighted by Gasteiger charge is 2.07. The molecule has 0 spiro atoms. The Morgan fingerprint density at radius 2 is 2.05 bits per heavy atom. The van der Waals surface area contributed by atoms with E-state index in [4.69, 9.17) is 16.3 Å². The van der Waals surface area contributed by atoms with E-state index in [1.165, 1.54) is 15.3 Å². The minimum atomic E-state index is 0.646. The molecule has 0 aliphatic carbocycles. The summed E-state index contributed by atoms with van der Waals surface area (Å²) in [4.78, 5) is 2.69. The number of halogens is 1. The van der Waals surface area contributed by atoms with Crippen molar-refractivity contribution in [2.75, 3.05) is 11.9 Å². The van der Waals surface area contributed by atoms with Crippen LogP contribution in [-0.2, 0) is 6.54 Å². The molecule has 0 saturated carbocycles. The van der Waals surface area contributed by atoms with Gasteiger partial charge in [-0.15, -0.1) is 11.3 Å². The molecule has 102 valence electrons. The van der Waals surface area contributed by atoms with Gasteiger partial charge in [-0.3, -0.25) is 0 Å². The average Bonchev–Trinajstić information content (AvgIpc) is 2.68. The van der Waals surface area contributed by atoms with E-state index < -0.39 is 0 Å². The predicted molar refractivity (Wildman–Crippen MR) is 83.7 cm³/mol. The van der Waals surface area contributed by atoms with Crippen LogP contribution in [0.4, 0.5) is 5.69 Å². The molecule has 2 aromatic rings. The summed E-state index contributed by atoms with van der Waals surface area (Å²) in [6.45, 7) is 7.69. The Labute approximate surface area is 123 Å². The molecule has 0 atom stereocenters. The van der Waals surface area contributed by atoms with Crippen LogP contribution in [0.2, 0.25) is 5.02 Å². The maximum Gasteiger partial charge on any atom is 0.142 e. The summed E-state index contributed by atoms with van der Waals surface area (Å²) in [5.74, 6) is 0.844. The molecule has 2 nitrogen and oxygen atoms in total. The third-order valence-electron chi connectivity index (χ3n) is 2.85. The van der Waals surface area contributed by atoms with Crippen molar-refractivity contribution in [3.05, 3.63) is 44.6 Å². The molecule has 0 radical (unpaired) electrons. The van der Waals surface area contributed by atoms with Crippen LogP contribution in [0.3, 0.4) is 0 Å². The molecule has 0 aliphatic rings. The van der Waals surface area contributed by atoms with E-state index in [1.807, 2.05) is 36.5 Å². The fourth-order valence-electron chi connectivity index (χ4n) is 1.97. The number of rotatable bonds is 5. The summed E-state index contributed by atoms with van der Waals surface area (Å²) < 4.78 is 5.60. The first-order chi connectivity index (χ1) is 9.10. The maximum absolute atomic E-state index is 6.04. The molecule has 19 heavy (non-hydrogen) atoms. The second-order valence-electron chi connectivity index (χ2n) is 4.37. The predicted octanol–water partition coefficient (Wildman–Crippen LogP) is 5.03. The number of ether oxygens (including phenoxy) is 1. The molecule has 1 aromatic heterocycles. The number of aryl methyl sites for hydroxylation is 2. The molecule has 4 heteroatoms. The lowest BCUT2D eigenvalue weighted by Gasteiger charge is -2.12. The molecule has 0 saturated heterocycles. The van der Waals surface area contributed by atoms with Gasteiger partial charge >= 0.3 is 0 Å². The first-order valence-electron chi connectivity index (χ1n) is 6.32. The van der Waals surface area contributed by atoms with Gasteiger partial charge in [0.25, 0.3) is 0 Å². The molecule has 0 bridgehead atoms. The Morgan fingerprint density at radius 1 is 1.26 bits per heavy atom. The lowest BCUT2D eigenvalue weighted by molar-refractivity contribution is 0.341. The van der Waals surface area contributed by atoms with Crippen LogP contribution in [0.1, 0.15) is 22.2 Å². The van der Waals surface area contributed by atoms with Crippen LogP contribution < -0.4 is 10.1 Å². The van der Waals surface area contributed by atoms with Gasteiger partial charge in [0.1, 0.15) is 5.75 Å². The van der Waals surface area contributed by atoms with Gasteiger partial charge in [0.15, 0.2) is 0 Å². The number of hydrogen-bond acceptors (Lipinski definition) is 3. The van der Waals surface area contributed by atoms with Gasteiger partial charge in [0, 0.05) is 21.3 Å². The van der Waals surface area contributed by atoms with Crippen molar-refractivity contribution in [3.63, 3.8) is 0 Å². The van der Waals surface area contributed by atoms with Crippen molar-refractivity contribution in [3.8, 4) is 5.75 Å². The van der Waals surface area contributed by atoms with E-state index in [2.05, 4.69) is 25.2 Å². The Hall–Kier alpha value is -1.19. The first-order valence-corrected chi connectivity index (χ1v) is 7.51. The van der Waals surface area contributed by atoms with Crippen molar-refractivity contribution in [1.29, 1.82) is 0 Å². The van der Waals surface area contributed by atoms with Crippen LogP contribution in [-0.4, -0.2) is 6.61 Å². The number of thiophene rings is 1. The Balaban J connectivity index is 2.14. The highest BCUT2D eigenvalue weighted by molar-refractivity contribution is 7.12. The van der Waals surface area contributed by atoms with Crippen molar-refractivity contribution in [2.24, 2.45) is 0 Å². The third kappa shape index (κ3) is 3.64. The fraction of sp³-hybridized carbons (Fsp3) is 0.333. The van der Waals surface area contributed by atoms with Gasteiger partial charge < -0.3 is 10.1 Å². The molecule has 0 amide bonds. The first kappa shape index (κ1) is 14.2. The normalized spacial score (nSPS) is 10.5. The van der Waals surface area contributed by atoms with E-state index in [9.17, 15) is 0 Å². The van der Waals surface area contributed by atoms with Gasteiger partial charge in [0.2, 0.25) is 0 Å². The highest BCUT2D eigenvalue weighted by atomic mass is 35.5. The summed E-state index contributed by atoms with van der Waals surface area (Å²) >= 11 is 7.87. The number of anilines is 1.